The van der Waals surface area contributed by atoms with Crippen LogP contribution in [0, 0.1) is 5.41 Å². The molecule has 0 amide bonds. The molecule has 1 aliphatic rings. The molecule has 1 aliphatic heterocycles. The van der Waals surface area contributed by atoms with Crippen molar-refractivity contribution in [2.75, 3.05) is 25.2 Å². The highest BCUT2D eigenvalue weighted by molar-refractivity contribution is 5.95. The number of nitrogens with one attached hydrogen (secondary N) is 1. The zero-order valence-electron chi connectivity index (χ0n) is 10.1. The summed E-state index contributed by atoms with van der Waals surface area (Å²) in [6.45, 7) is 1.68. The summed E-state index contributed by atoms with van der Waals surface area (Å²) in [4.78, 5) is 2.24. The smallest absolute Gasteiger partial charge is 0.122 e. The largest absolute Gasteiger partial charge is 0.384 e. The van der Waals surface area contributed by atoms with Gasteiger partial charge in [0.05, 0.1) is 12.6 Å². The van der Waals surface area contributed by atoms with Crippen molar-refractivity contribution in [3.8, 4) is 0 Å². The van der Waals surface area contributed by atoms with Crippen LogP contribution in [0.25, 0.3) is 0 Å². The summed E-state index contributed by atoms with van der Waals surface area (Å²) in [6, 6.07) is 8.23. The Morgan fingerprint density at radius 1 is 1.41 bits per heavy atom. The standard InChI is InChI=1S/C13H19N3O/c1-16(12-3-2-8-17-9-12)11-6-4-10(5-7-11)13(14)15/h4-7,12H,2-3,8-9H2,1H3,(H3,14,15). The summed E-state index contributed by atoms with van der Waals surface area (Å²) in [7, 11) is 2.09. The number of nitrogen functional groups attached to an aromatic ring is 1. The van der Waals surface area contributed by atoms with E-state index in [1.165, 1.54) is 6.42 Å². The van der Waals surface area contributed by atoms with Crippen molar-refractivity contribution >= 4 is 11.5 Å². The first-order chi connectivity index (χ1) is 8.18. The lowest BCUT2D eigenvalue weighted by Crippen LogP contribution is -2.38. The number of nitrogens with zero attached hydrogens (tertiary/aromatic N) is 1. The van der Waals surface area contributed by atoms with Crippen LogP contribution in [0.1, 0.15) is 18.4 Å². The molecule has 0 saturated carbocycles. The molecule has 4 heteroatoms. The van der Waals surface area contributed by atoms with Crippen molar-refractivity contribution in [2.45, 2.75) is 18.9 Å². The predicted molar refractivity (Wildman–Crippen MR) is 69.7 cm³/mol. The molecule has 1 fully saturated rings. The number of rotatable bonds is 3. The second-order valence-corrected chi connectivity index (χ2v) is 4.44. The minimum absolute atomic E-state index is 0.111. The Kier molecular flexibility index (Phi) is 3.64. The first-order valence-electron chi connectivity index (χ1n) is 5.93. The summed E-state index contributed by atoms with van der Waals surface area (Å²) in [5, 5.41) is 7.35. The summed E-state index contributed by atoms with van der Waals surface area (Å²) in [5.41, 5.74) is 7.34. The Morgan fingerprint density at radius 3 is 2.65 bits per heavy atom. The fraction of sp³-hybridized carbons (Fsp3) is 0.462. The van der Waals surface area contributed by atoms with Crippen molar-refractivity contribution < 1.29 is 4.74 Å². The van der Waals surface area contributed by atoms with Crippen LogP contribution in [0.3, 0.4) is 0 Å². The third-order valence-electron chi connectivity index (χ3n) is 3.27. The van der Waals surface area contributed by atoms with E-state index in [1.807, 2.05) is 24.3 Å². The van der Waals surface area contributed by atoms with Crippen LogP contribution in [0.15, 0.2) is 24.3 Å². The van der Waals surface area contributed by atoms with Crippen molar-refractivity contribution in [2.24, 2.45) is 5.73 Å². The summed E-state index contributed by atoms with van der Waals surface area (Å²) >= 11 is 0. The second-order valence-electron chi connectivity index (χ2n) is 4.44. The zero-order valence-corrected chi connectivity index (χ0v) is 10.1. The van der Waals surface area contributed by atoms with E-state index in [1.54, 1.807) is 0 Å². The molecule has 1 aromatic carbocycles. The molecule has 92 valence electrons. The van der Waals surface area contributed by atoms with Gasteiger partial charge in [-0.15, -0.1) is 0 Å². The van der Waals surface area contributed by atoms with Crippen LogP contribution in [0.2, 0.25) is 0 Å². The van der Waals surface area contributed by atoms with Crippen LogP contribution >= 0.6 is 0 Å². The minimum Gasteiger partial charge on any atom is -0.384 e. The van der Waals surface area contributed by atoms with Gasteiger partial charge in [-0.3, -0.25) is 5.41 Å². The molecule has 3 N–H and O–H groups in total. The molecule has 0 bridgehead atoms. The molecule has 1 aromatic rings. The highest BCUT2D eigenvalue weighted by Gasteiger charge is 2.18. The molecule has 0 spiro atoms. The van der Waals surface area contributed by atoms with Crippen molar-refractivity contribution in [1.82, 2.24) is 0 Å². The maximum Gasteiger partial charge on any atom is 0.122 e. The first kappa shape index (κ1) is 11.9. The number of anilines is 1. The van der Waals surface area contributed by atoms with E-state index < -0.39 is 0 Å². The van der Waals surface area contributed by atoms with Gasteiger partial charge in [0.15, 0.2) is 0 Å². The van der Waals surface area contributed by atoms with E-state index >= 15 is 0 Å². The number of hydrogen-bond acceptors (Lipinski definition) is 3. The third kappa shape index (κ3) is 2.77. The molecule has 1 unspecified atom stereocenters. The average Bonchev–Trinajstić information content (AvgIpc) is 2.39. The Hall–Kier alpha value is -1.55. The minimum atomic E-state index is 0.111. The normalized spacial score (nSPS) is 19.9. The van der Waals surface area contributed by atoms with Crippen LogP contribution in [0.5, 0.6) is 0 Å². The Morgan fingerprint density at radius 2 is 2.12 bits per heavy atom. The van der Waals surface area contributed by atoms with Gasteiger partial charge in [-0.05, 0) is 37.1 Å². The first-order valence-corrected chi connectivity index (χ1v) is 5.93. The molecule has 17 heavy (non-hydrogen) atoms. The van der Waals surface area contributed by atoms with Gasteiger partial charge in [-0.1, -0.05) is 0 Å². The van der Waals surface area contributed by atoms with E-state index in [0.717, 1.165) is 30.9 Å². The molecule has 1 saturated heterocycles. The van der Waals surface area contributed by atoms with Gasteiger partial charge in [-0.25, -0.2) is 0 Å². The number of nitrogens with two attached hydrogens (primary N) is 1. The fourth-order valence-electron chi connectivity index (χ4n) is 2.12. The quantitative estimate of drug-likeness (QED) is 0.615. The van der Waals surface area contributed by atoms with Gasteiger partial charge >= 0.3 is 0 Å². The Balaban J connectivity index is 2.07. The van der Waals surface area contributed by atoms with Crippen LogP contribution in [-0.2, 0) is 4.74 Å². The van der Waals surface area contributed by atoms with Crippen LogP contribution < -0.4 is 10.6 Å². The van der Waals surface area contributed by atoms with Gasteiger partial charge in [-0.2, -0.15) is 0 Å². The van der Waals surface area contributed by atoms with Gasteiger partial charge in [0, 0.05) is 24.9 Å². The molecule has 1 heterocycles. The topological polar surface area (TPSA) is 62.3 Å². The van der Waals surface area contributed by atoms with E-state index in [0.29, 0.717) is 6.04 Å². The lowest BCUT2D eigenvalue weighted by Gasteiger charge is -2.32. The Labute approximate surface area is 102 Å². The van der Waals surface area contributed by atoms with Crippen LogP contribution in [0.4, 0.5) is 5.69 Å². The highest BCUT2D eigenvalue weighted by atomic mass is 16.5. The predicted octanol–water partition coefficient (Wildman–Crippen LogP) is 1.59. The molecule has 0 aliphatic carbocycles. The SMILES string of the molecule is CN(c1ccc(C(=N)N)cc1)C1CCCOC1. The van der Waals surface area contributed by atoms with Gasteiger partial charge < -0.3 is 15.4 Å². The number of amidine groups is 1. The molecule has 2 rings (SSSR count). The molecule has 1 atom stereocenters. The van der Waals surface area contributed by atoms with Crippen LogP contribution in [-0.4, -0.2) is 32.1 Å². The molecule has 0 radical (unpaired) electrons. The summed E-state index contributed by atoms with van der Waals surface area (Å²) < 4.78 is 5.49. The molecular formula is C13H19N3O. The average molecular weight is 233 g/mol. The van der Waals surface area contributed by atoms with Gasteiger partial charge in [0.1, 0.15) is 5.84 Å². The second kappa shape index (κ2) is 5.19. The Bertz CT molecular complexity index is 382. The van der Waals surface area contributed by atoms with Crippen molar-refractivity contribution in [3.05, 3.63) is 29.8 Å². The van der Waals surface area contributed by atoms with E-state index in [4.69, 9.17) is 15.9 Å². The summed E-state index contributed by atoms with van der Waals surface area (Å²) in [6.07, 6.45) is 2.30. The number of benzene rings is 1. The van der Waals surface area contributed by atoms with E-state index in [9.17, 15) is 0 Å². The monoisotopic (exact) mass is 233 g/mol. The number of ether oxygens (including phenoxy) is 1. The van der Waals surface area contributed by atoms with Crippen molar-refractivity contribution in [3.63, 3.8) is 0 Å². The van der Waals surface area contributed by atoms with Crippen molar-refractivity contribution in [1.29, 1.82) is 5.41 Å². The summed E-state index contributed by atoms with van der Waals surface area (Å²) in [5.74, 6) is 0.111. The maximum absolute atomic E-state index is 7.35. The molecule has 0 aromatic heterocycles. The van der Waals surface area contributed by atoms with E-state index in [2.05, 4.69) is 11.9 Å². The lowest BCUT2D eigenvalue weighted by molar-refractivity contribution is 0.0807. The van der Waals surface area contributed by atoms with E-state index in [-0.39, 0.29) is 5.84 Å². The molecule has 4 nitrogen and oxygen atoms in total. The third-order valence-corrected chi connectivity index (χ3v) is 3.27. The lowest BCUT2D eigenvalue weighted by atomic mass is 10.1. The highest BCUT2D eigenvalue weighted by Crippen LogP contribution is 2.20. The number of hydrogen-bond donors (Lipinski definition) is 2. The zero-order chi connectivity index (χ0) is 12.3. The fourth-order valence-corrected chi connectivity index (χ4v) is 2.12. The maximum atomic E-state index is 7.35. The van der Waals surface area contributed by atoms with Gasteiger partial charge in [0.2, 0.25) is 0 Å². The number of likely N-dealkylation sites (N-methyl/N-ethyl adjacent to an activating group) is 1. The van der Waals surface area contributed by atoms with Gasteiger partial charge in [0.25, 0.3) is 0 Å². The molecular weight excluding hydrogens is 214 g/mol.